The molecule has 0 aliphatic carbocycles. The van der Waals surface area contributed by atoms with Crippen LogP contribution in [0.4, 0.5) is 8.78 Å². The van der Waals surface area contributed by atoms with Gasteiger partial charge in [-0.25, -0.2) is 8.78 Å². The van der Waals surface area contributed by atoms with Crippen LogP contribution in [-0.2, 0) is 6.42 Å². The van der Waals surface area contributed by atoms with Gasteiger partial charge in [0.15, 0.2) is 0 Å². The number of likely N-dealkylation sites (N-methyl/N-ethyl adjacent to an activating group) is 1. The van der Waals surface area contributed by atoms with Crippen LogP contribution in [0.15, 0.2) is 12.1 Å². The van der Waals surface area contributed by atoms with Crippen molar-refractivity contribution >= 4 is 0 Å². The molecule has 0 bridgehead atoms. The van der Waals surface area contributed by atoms with E-state index in [0.29, 0.717) is 23.6 Å². The van der Waals surface area contributed by atoms with Gasteiger partial charge in [0.05, 0.1) is 0 Å². The van der Waals surface area contributed by atoms with Gasteiger partial charge >= 0.3 is 0 Å². The Kier molecular flexibility index (Phi) is 22.9. The molecule has 208 valence electrons. The van der Waals surface area contributed by atoms with Crippen molar-refractivity contribution in [3.05, 3.63) is 34.9 Å². The molecule has 3 unspecified atom stereocenters. The highest BCUT2D eigenvalue weighted by molar-refractivity contribution is 5.25. The third-order valence-electron chi connectivity index (χ3n) is 6.38. The number of nitrogens with two attached hydrogens (primary N) is 1. The van der Waals surface area contributed by atoms with E-state index in [1.165, 1.54) is 57.5 Å². The highest BCUT2D eigenvalue weighted by Crippen LogP contribution is 2.30. The number of likely N-dealkylation sites (tertiary alicyclic amines) is 2. The quantitative estimate of drug-likeness (QED) is 0.395. The first-order valence-corrected chi connectivity index (χ1v) is 14.5. The monoisotopic (exact) mass is 499 g/mol. The Morgan fingerprint density at radius 3 is 2.09 bits per heavy atom. The Balaban J connectivity index is 0. The first-order valence-electron chi connectivity index (χ1n) is 14.5. The molecular formula is C30H59F2N3. The standard InChI is InChI=1S/C19H29F2N3.C5H12.3C2H6/c1-13-8-18(21)15(10-17(13)20)9-16(22)4-3-6-24-7-5-14-11-23(2)12-19(14)24;1-3-5-4-2;3*1-2/h8,10,14,16,19H,3-7,9,11-12,22H2,1-2H3;3-5H2,1-2H3;3*1-2H3. The molecule has 3 atom stereocenters. The largest absolute Gasteiger partial charge is 0.327 e. The van der Waals surface area contributed by atoms with Gasteiger partial charge in [-0.3, -0.25) is 4.90 Å². The molecule has 2 N–H and O–H groups in total. The number of hydrogen-bond donors (Lipinski definition) is 1. The van der Waals surface area contributed by atoms with Crippen molar-refractivity contribution in [1.29, 1.82) is 0 Å². The van der Waals surface area contributed by atoms with E-state index in [-0.39, 0.29) is 17.7 Å². The van der Waals surface area contributed by atoms with Crippen LogP contribution in [0, 0.1) is 24.5 Å². The fourth-order valence-corrected chi connectivity index (χ4v) is 4.68. The van der Waals surface area contributed by atoms with Crippen LogP contribution in [0.2, 0.25) is 0 Å². The van der Waals surface area contributed by atoms with Crippen LogP contribution >= 0.6 is 0 Å². The molecule has 0 radical (unpaired) electrons. The summed E-state index contributed by atoms with van der Waals surface area (Å²) in [6.45, 7) is 22.6. The minimum Gasteiger partial charge on any atom is -0.327 e. The zero-order chi connectivity index (χ0) is 27.4. The molecule has 0 aromatic heterocycles. The van der Waals surface area contributed by atoms with E-state index in [4.69, 9.17) is 5.73 Å². The molecule has 0 saturated carbocycles. The van der Waals surface area contributed by atoms with Crippen LogP contribution in [0.1, 0.15) is 105 Å². The zero-order valence-corrected chi connectivity index (χ0v) is 24.9. The summed E-state index contributed by atoms with van der Waals surface area (Å²) in [5.41, 5.74) is 6.90. The van der Waals surface area contributed by atoms with Crippen LogP contribution in [-0.4, -0.2) is 55.1 Å². The molecule has 3 nitrogen and oxygen atoms in total. The summed E-state index contributed by atoms with van der Waals surface area (Å²) >= 11 is 0. The average molecular weight is 500 g/mol. The smallest absolute Gasteiger partial charge is 0.126 e. The van der Waals surface area contributed by atoms with Gasteiger partial charge in [-0.2, -0.15) is 0 Å². The number of aryl methyl sites for hydroxylation is 1. The van der Waals surface area contributed by atoms with Gasteiger partial charge in [-0.05, 0) is 81.9 Å². The zero-order valence-electron chi connectivity index (χ0n) is 24.9. The maximum atomic E-state index is 13.9. The van der Waals surface area contributed by atoms with Crippen molar-refractivity contribution < 1.29 is 8.78 Å². The predicted octanol–water partition coefficient (Wildman–Crippen LogP) is 7.83. The summed E-state index contributed by atoms with van der Waals surface area (Å²) in [5, 5.41) is 0. The van der Waals surface area contributed by atoms with Crippen LogP contribution in [0.25, 0.3) is 0 Å². The number of hydrogen-bond acceptors (Lipinski definition) is 3. The van der Waals surface area contributed by atoms with E-state index >= 15 is 0 Å². The first-order chi connectivity index (χ1) is 16.8. The van der Waals surface area contributed by atoms with Gasteiger partial charge in [0, 0.05) is 25.2 Å². The molecule has 2 heterocycles. The Labute approximate surface area is 217 Å². The summed E-state index contributed by atoms with van der Waals surface area (Å²) in [6, 6.07) is 3.14. The minimum absolute atomic E-state index is 0.119. The van der Waals surface area contributed by atoms with Crippen LogP contribution in [0.5, 0.6) is 0 Å². The van der Waals surface area contributed by atoms with Crippen molar-refractivity contribution in [1.82, 2.24) is 9.80 Å². The third kappa shape index (κ3) is 13.7. The Morgan fingerprint density at radius 1 is 0.943 bits per heavy atom. The Morgan fingerprint density at radius 2 is 1.54 bits per heavy atom. The van der Waals surface area contributed by atoms with Gasteiger partial charge in [0.1, 0.15) is 11.6 Å². The Bertz CT molecular complexity index is 622. The molecule has 2 saturated heterocycles. The number of fused-ring (bicyclic) bond motifs is 1. The topological polar surface area (TPSA) is 32.5 Å². The SMILES string of the molecule is CC.CC.CC.CCCCC.Cc1cc(F)c(CC(N)CCCN2CCC3CN(C)CC32)cc1F. The van der Waals surface area contributed by atoms with Crippen molar-refractivity contribution in [3.8, 4) is 0 Å². The van der Waals surface area contributed by atoms with Gasteiger partial charge in [-0.15, -0.1) is 0 Å². The molecule has 2 aliphatic rings. The molecule has 2 fully saturated rings. The molecule has 3 rings (SSSR count). The summed E-state index contributed by atoms with van der Waals surface area (Å²) < 4.78 is 27.5. The summed E-state index contributed by atoms with van der Waals surface area (Å²) in [5.74, 6) is 0.126. The maximum Gasteiger partial charge on any atom is 0.126 e. The molecule has 0 amide bonds. The summed E-state index contributed by atoms with van der Waals surface area (Å²) in [4.78, 5) is 5.01. The van der Waals surface area contributed by atoms with Gasteiger partial charge in [-0.1, -0.05) is 74.7 Å². The van der Waals surface area contributed by atoms with E-state index in [1.807, 2.05) is 41.5 Å². The number of unbranched alkanes of at least 4 members (excludes halogenated alkanes) is 2. The van der Waals surface area contributed by atoms with E-state index < -0.39 is 0 Å². The second-order valence-corrected chi connectivity index (χ2v) is 9.03. The maximum absolute atomic E-state index is 13.9. The fourth-order valence-electron chi connectivity index (χ4n) is 4.68. The lowest BCUT2D eigenvalue weighted by Gasteiger charge is -2.24. The second kappa shape index (κ2) is 22.2. The summed E-state index contributed by atoms with van der Waals surface area (Å²) in [7, 11) is 2.20. The van der Waals surface area contributed by atoms with Gasteiger partial charge < -0.3 is 10.6 Å². The molecule has 1 aromatic rings. The molecule has 2 aliphatic heterocycles. The number of benzene rings is 1. The van der Waals surface area contributed by atoms with Crippen LogP contribution in [0.3, 0.4) is 0 Å². The third-order valence-corrected chi connectivity index (χ3v) is 6.38. The minimum atomic E-state index is -0.355. The Hall–Kier alpha value is -1.04. The number of halogens is 2. The van der Waals surface area contributed by atoms with Gasteiger partial charge in [0.25, 0.3) is 0 Å². The van der Waals surface area contributed by atoms with Crippen molar-refractivity contribution in [2.45, 2.75) is 119 Å². The lowest BCUT2D eigenvalue weighted by Crippen LogP contribution is -2.36. The van der Waals surface area contributed by atoms with E-state index in [0.717, 1.165) is 25.3 Å². The van der Waals surface area contributed by atoms with Gasteiger partial charge in [0.2, 0.25) is 0 Å². The molecule has 0 spiro atoms. The van der Waals surface area contributed by atoms with Crippen molar-refractivity contribution in [3.63, 3.8) is 0 Å². The predicted molar refractivity (Wildman–Crippen MR) is 152 cm³/mol. The normalized spacial score (nSPS) is 19.6. The molecule has 35 heavy (non-hydrogen) atoms. The highest BCUT2D eigenvalue weighted by Gasteiger charge is 2.39. The second-order valence-electron chi connectivity index (χ2n) is 9.03. The number of nitrogens with zero attached hydrogens (tertiary/aromatic N) is 2. The average Bonchev–Trinajstić information content (AvgIpc) is 3.42. The molecular weight excluding hydrogens is 440 g/mol. The lowest BCUT2D eigenvalue weighted by atomic mass is 10.0. The lowest BCUT2D eigenvalue weighted by molar-refractivity contribution is 0.229. The van der Waals surface area contributed by atoms with Crippen molar-refractivity contribution in [2.75, 3.05) is 33.2 Å². The molecule has 5 heteroatoms. The van der Waals surface area contributed by atoms with Crippen molar-refractivity contribution in [2.24, 2.45) is 11.7 Å². The molecule has 1 aromatic carbocycles. The van der Waals surface area contributed by atoms with Crippen LogP contribution < -0.4 is 5.73 Å². The fraction of sp³-hybridized carbons (Fsp3) is 0.800. The van der Waals surface area contributed by atoms with E-state index in [9.17, 15) is 8.78 Å². The van der Waals surface area contributed by atoms with E-state index in [1.54, 1.807) is 6.92 Å². The van der Waals surface area contributed by atoms with E-state index in [2.05, 4.69) is 30.7 Å². The number of rotatable bonds is 8. The summed E-state index contributed by atoms with van der Waals surface area (Å²) in [6.07, 6.45) is 7.64. The first kappa shape index (κ1) is 36.1. The highest BCUT2D eigenvalue weighted by atomic mass is 19.1.